The number of thiazole rings is 1. The largest absolute Gasteiger partial charge is 0.383 e. The fraction of sp³-hybridized carbons (Fsp3) is 0.800. The van der Waals surface area contributed by atoms with Gasteiger partial charge in [-0.3, -0.25) is 0 Å². The van der Waals surface area contributed by atoms with E-state index in [1.807, 2.05) is 11.3 Å². The number of nitrogens with zero attached hydrogens (tertiary/aromatic N) is 2. The third-order valence-electron chi connectivity index (χ3n) is 3.57. The van der Waals surface area contributed by atoms with Gasteiger partial charge in [0.05, 0.1) is 12.3 Å². The normalized spacial score (nSPS) is 15.1. The first-order chi connectivity index (χ1) is 9.67. The van der Waals surface area contributed by atoms with Gasteiger partial charge in [0.15, 0.2) is 5.13 Å². The second-order valence-corrected chi connectivity index (χ2v) is 6.72. The van der Waals surface area contributed by atoms with Gasteiger partial charge in [-0.1, -0.05) is 20.8 Å². The van der Waals surface area contributed by atoms with Gasteiger partial charge < -0.3 is 15.0 Å². The quantitative estimate of drug-likeness (QED) is 0.760. The molecule has 1 aromatic heterocycles. The minimum absolute atomic E-state index is 0.483. The van der Waals surface area contributed by atoms with E-state index in [0.29, 0.717) is 12.0 Å². The van der Waals surface area contributed by atoms with Crippen LogP contribution in [0.3, 0.4) is 0 Å². The van der Waals surface area contributed by atoms with Crippen molar-refractivity contribution in [3.8, 4) is 0 Å². The molecule has 1 N–H and O–H groups in total. The third kappa shape index (κ3) is 3.93. The molecule has 1 saturated carbocycles. The molecule has 1 fully saturated rings. The molecule has 0 aromatic carbocycles. The average molecular weight is 297 g/mol. The first-order valence-corrected chi connectivity index (χ1v) is 8.44. The predicted molar refractivity (Wildman–Crippen MR) is 85.8 cm³/mol. The van der Waals surface area contributed by atoms with E-state index in [9.17, 15) is 0 Å². The first kappa shape index (κ1) is 15.7. The van der Waals surface area contributed by atoms with Crippen molar-refractivity contribution in [1.29, 1.82) is 0 Å². The number of aromatic nitrogens is 1. The van der Waals surface area contributed by atoms with E-state index in [2.05, 4.69) is 31.0 Å². The van der Waals surface area contributed by atoms with Crippen LogP contribution in [-0.2, 0) is 11.3 Å². The fourth-order valence-corrected chi connectivity index (χ4v) is 3.58. The summed E-state index contributed by atoms with van der Waals surface area (Å²) < 4.78 is 5.24. The maximum Gasteiger partial charge on any atom is 0.186 e. The highest BCUT2D eigenvalue weighted by atomic mass is 32.1. The van der Waals surface area contributed by atoms with Crippen molar-refractivity contribution in [2.75, 3.05) is 31.7 Å². The highest BCUT2D eigenvalue weighted by Crippen LogP contribution is 2.36. The SMILES string of the molecule is CCNCc1sc(N(CCOC)C2CC2)nc1C(C)C. The number of nitrogens with one attached hydrogen (secondary N) is 1. The Labute approximate surface area is 126 Å². The van der Waals surface area contributed by atoms with Gasteiger partial charge in [0, 0.05) is 31.1 Å². The zero-order chi connectivity index (χ0) is 14.5. The monoisotopic (exact) mass is 297 g/mol. The lowest BCUT2D eigenvalue weighted by Crippen LogP contribution is -2.29. The van der Waals surface area contributed by atoms with Crippen LogP contribution in [0.4, 0.5) is 5.13 Å². The second kappa shape index (κ2) is 7.38. The molecule has 2 rings (SSSR count). The summed E-state index contributed by atoms with van der Waals surface area (Å²) in [7, 11) is 1.77. The maximum atomic E-state index is 5.24. The Morgan fingerprint density at radius 3 is 2.75 bits per heavy atom. The Hall–Kier alpha value is -0.650. The summed E-state index contributed by atoms with van der Waals surface area (Å²) in [5, 5.41) is 4.61. The second-order valence-electron chi connectivity index (χ2n) is 5.66. The predicted octanol–water partition coefficient (Wildman–Crippen LogP) is 2.99. The van der Waals surface area contributed by atoms with Crippen molar-refractivity contribution >= 4 is 16.5 Å². The maximum absolute atomic E-state index is 5.24. The van der Waals surface area contributed by atoms with E-state index in [1.165, 1.54) is 28.5 Å². The zero-order valence-electron chi connectivity index (χ0n) is 13.1. The van der Waals surface area contributed by atoms with Crippen LogP contribution in [0.5, 0.6) is 0 Å². The van der Waals surface area contributed by atoms with Gasteiger partial charge in [0.2, 0.25) is 0 Å². The number of methoxy groups -OCH3 is 1. The van der Waals surface area contributed by atoms with Gasteiger partial charge in [-0.15, -0.1) is 11.3 Å². The summed E-state index contributed by atoms with van der Waals surface area (Å²) in [5.74, 6) is 0.483. The minimum atomic E-state index is 0.483. The summed E-state index contributed by atoms with van der Waals surface area (Å²) >= 11 is 1.85. The molecule has 20 heavy (non-hydrogen) atoms. The Morgan fingerprint density at radius 2 is 2.20 bits per heavy atom. The van der Waals surface area contributed by atoms with Gasteiger partial charge >= 0.3 is 0 Å². The molecule has 0 aliphatic heterocycles. The van der Waals surface area contributed by atoms with Gasteiger partial charge in [0.1, 0.15) is 0 Å². The van der Waals surface area contributed by atoms with E-state index in [1.54, 1.807) is 7.11 Å². The molecule has 114 valence electrons. The molecule has 0 unspecified atom stereocenters. The summed E-state index contributed by atoms with van der Waals surface area (Å²) in [6, 6.07) is 0.684. The molecule has 0 saturated heterocycles. The number of hydrogen-bond donors (Lipinski definition) is 1. The van der Waals surface area contributed by atoms with Gasteiger partial charge in [0.25, 0.3) is 0 Å². The zero-order valence-corrected chi connectivity index (χ0v) is 13.9. The van der Waals surface area contributed by atoms with Crippen molar-refractivity contribution in [1.82, 2.24) is 10.3 Å². The molecule has 1 aliphatic rings. The average Bonchev–Trinajstić information content (AvgIpc) is 3.16. The highest BCUT2D eigenvalue weighted by Gasteiger charge is 2.31. The van der Waals surface area contributed by atoms with E-state index in [-0.39, 0.29) is 0 Å². The van der Waals surface area contributed by atoms with E-state index in [4.69, 9.17) is 9.72 Å². The smallest absolute Gasteiger partial charge is 0.186 e. The van der Waals surface area contributed by atoms with Crippen LogP contribution in [0, 0.1) is 0 Å². The summed E-state index contributed by atoms with van der Waals surface area (Å²) in [4.78, 5) is 8.75. The molecule has 5 heteroatoms. The van der Waals surface area contributed by atoms with Crippen molar-refractivity contribution in [2.45, 2.75) is 52.1 Å². The van der Waals surface area contributed by atoms with Crippen LogP contribution in [0.2, 0.25) is 0 Å². The van der Waals surface area contributed by atoms with Gasteiger partial charge in [-0.25, -0.2) is 4.98 Å². The molecule has 1 aromatic rings. The molecular formula is C15H27N3OS. The van der Waals surface area contributed by atoms with E-state index >= 15 is 0 Å². The molecule has 0 bridgehead atoms. The number of hydrogen-bond acceptors (Lipinski definition) is 5. The number of anilines is 1. The van der Waals surface area contributed by atoms with Crippen LogP contribution in [0.1, 0.15) is 50.1 Å². The first-order valence-electron chi connectivity index (χ1n) is 7.63. The molecule has 1 aliphatic carbocycles. The van der Waals surface area contributed by atoms with Crippen molar-refractivity contribution in [3.05, 3.63) is 10.6 Å². The fourth-order valence-electron chi connectivity index (χ4n) is 2.30. The Bertz CT molecular complexity index is 415. The standard InChI is InChI=1S/C15H27N3OS/c1-5-16-10-13-14(11(2)3)17-15(20-13)18(8-9-19-4)12-6-7-12/h11-12,16H,5-10H2,1-4H3. The third-order valence-corrected chi connectivity index (χ3v) is 4.68. The van der Waals surface area contributed by atoms with Crippen molar-refractivity contribution in [2.24, 2.45) is 0 Å². The Kier molecular flexibility index (Phi) is 5.81. The van der Waals surface area contributed by atoms with Crippen LogP contribution in [-0.4, -0.2) is 37.8 Å². The van der Waals surface area contributed by atoms with E-state index < -0.39 is 0 Å². The highest BCUT2D eigenvalue weighted by molar-refractivity contribution is 7.15. The molecule has 0 amide bonds. The van der Waals surface area contributed by atoms with E-state index in [0.717, 1.165) is 26.2 Å². The van der Waals surface area contributed by atoms with Gasteiger partial charge in [-0.05, 0) is 25.3 Å². The lowest BCUT2D eigenvalue weighted by molar-refractivity contribution is 0.205. The molecule has 4 nitrogen and oxygen atoms in total. The molecule has 0 atom stereocenters. The molecular weight excluding hydrogens is 270 g/mol. The molecule has 1 heterocycles. The van der Waals surface area contributed by atoms with Crippen molar-refractivity contribution < 1.29 is 4.74 Å². The number of ether oxygens (including phenoxy) is 1. The Balaban J connectivity index is 2.16. The molecule has 0 radical (unpaired) electrons. The van der Waals surface area contributed by atoms with Gasteiger partial charge in [-0.2, -0.15) is 0 Å². The Morgan fingerprint density at radius 1 is 1.45 bits per heavy atom. The lowest BCUT2D eigenvalue weighted by Gasteiger charge is -2.20. The van der Waals surface area contributed by atoms with Crippen molar-refractivity contribution in [3.63, 3.8) is 0 Å². The van der Waals surface area contributed by atoms with Crippen LogP contribution < -0.4 is 10.2 Å². The molecule has 0 spiro atoms. The van der Waals surface area contributed by atoms with Crippen LogP contribution in [0.25, 0.3) is 0 Å². The summed E-state index contributed by atoms with van der Waals surface area (Å²) in [5.41, 5.74) is 1.26. The van der Waals surface area contributed by atoms with Crippen LogP contribution >= 0.6 is 11.3 Å². The topological polar surface area (TPSA) is 37.4 Å². The minimum Gasteiger partial charge on any atom is -0.383 e. The van der Waals surface area contributed by atoms with Crippen LogP contribution in [0.15, 0.2) is 0 Å². The summed E-state index contributed by atoms with van der Waals surface area (Å²) in [6.07, 6.45) is 2.59. The number of rotatable bonds is 9. The summed E-state index contributed by atoms with van der Waals surface area (Å²) in [6.45, 7) is 10.3. The lowest BCUT2D eigenvalue weighted by atomic mass is 10.1.